The van der Waals surface area contributed by atoms with E-state index in [-0.39, 0.29) is 16.6 Å². The Morgan fingerprint density at radius 2 is 1.38 bits per heavy atom. The molecule has 6 nitrogen and oxygen atoms in total. The third-order valence-corrected chi connectivity index (χ3v) is 6.00. The lowest BCUT2D eigenvalue weighted by Crippen LogP contribution is -2.34. The smallest absolute Gasteiger partial charge is 0.261 e. The second kappa shape index (κ2) is 7.97. The van der Waals surface area contributed by atoms with E-state index in [1.165, 1.54) is 24.3 Å². The average Bonchev–Trinajstić information content (AvgIpc) is 2.70. The topological polar surface area (TPSA) is 95.5 Å². The van der Waals surface area contributed by atoms with Crippen molar-refractivity contribution in [1.29, 1.82) is 0 Å². The molecule has 150 valence electrons. The lowest BCUT2D eigenvalue weighted by molar-refractivity contribution is -0.120. The molecule has 29 heavy (non-hydrogen) atoms. The largest absolute Gasteiger partial charge is 0.508 e. The van der Waals surface area contributed by atoms with Gasteiger partial charge in [0, 0.05) is 11.4 Å². The number of rotatable bonds is 6. The molecule has 0 spiro atoms. The van der Waals surface area contributed by atoms with Crippen LogP contribution in [0.15, 0.2) is 83.8 Å². The van der Waals surface area contributed by atoms with Gasteiger partial charge in [-0.05, 0) is 67.9 Å². The fourth-order valence-corrected chi connectivity index (χ4v) is 3.81. The van der Waals surface area contributed by atoms with Crippen LogP contribution in [-0.2, 0) is 20.2 Å². The summed E-state index contributed by atoms with van der Waals surface area (Å²) >= 11 is 0. The molecular formula is C22H22N2O4S. The Labute approximate surface area is 170 Å². The maximum Gasteiger partial charge on any atom is 0.261 e. The van der Waals surface area contributed by atoms with Crippen LogP contribution in [0.3, 0.4) is 0 Å². The first-order valence-corrected chi connectivity index (χ1v) is 10.5. The minimum atomic E-state index is -3.67. The highest BCUT2D eigenvalue weighted by Gasteiger charge is 2.29. The number of aromatic hydroxyl groups is 1. The first-order chi connectivity index (χ1) is 13.7. The molecule has 3 aromatic carbocycles. The molecule has 0 atom stereocenters. The van der Waals surface area contributed by atoms with Crippen molar-refractivity contribution >= 4 is 27.3 Å². The summed E-state index contributed by atoms with van der Waals surface area (Å²) in [6, 6.07) is 21.0. The summed E-state index contributed by atoms with van der Waals surface area (Å²) in [6.07, 6.45) is 0. The average molecular weight is 410 g/mol. The highest BCUT2D eigenvalue weighted by atomic mass is 32.2. The van der Waals surface area contributed by atoms with Crippen molar-refractivity contribution < 1.29 is 18.3 Å². The van der Waals surface area contributed by atoms with Crippen molar-refractivity contribution in [3.8, 4) is 5.75 Å². The molecule has 3 N–H and O–H groups in total. The van der Waals surface area contributed by atoms with Crippen molar-refractivity contribution in [3.05, 3.63) is 84.4 Å². The molecule has 0 fully saturated rings. The number of sulfonamides is 1. The molecule has 0 saturated heterocycles. The van der Waals surface area contributed by atoms with E-state index in [2.05, 4.69) is 10.0 Å². The summed E-state index contributed by atoms with van der Waals surface area (Å²) in [6.45, 7) is 3.58. The van der Waals surface area contributed by atoms with Crippen molar-refractivity contribution in [2.45, 2.75) is 24.2 Å². The fourth-order valence-electron chi connectivity index (χ4n) is 2.73. The Hall–Kier alpha value is -3.32. The summed E-state index contributed by atoms with van der Waals surface area (Å²) < 4.78 is 27.3. The van der Waals surface area contributed by atoms with E-state index in [1.807, 2.05) is 0 Å². The number of hydrogen-bond acceptors (Lipinski definition) is 4. The van der Waals surface area contributed by atoms with Gasteiger partial charge in [0.25, 0.3) is 10.0 Å². The van der Waals surface area contributed by atoms with Crippen molar-refractivity contribution in [3.63, 3.8) is 0 Å². The van der Waals surface area contributed by atoms with Crippen LogP contribution in [0.4, 0.5) is 11.4 Å². The number of benzene rings is 3. The Morgan fingerprint density at radius 1 is 0.828 bits per heavy atom. The molecule has 0 aliphatic carbocycles. The van der Waals surface area contributed by atoms with Crippen LogP contribution in [-0.4, -0.2) is 19.4 Å². The molecule has 0 unspecified atom stereocenters. The number of carbonyl (C=O) groups is 1. The number of hydrogen-bond donors (Lipinski definition) is 3. The molecular weight excluding hydrogens is 388 g/mol. The van der Waals surface area contributed by atoms with E-state index in [0.717, 1.165) is 5.56 Å². The zero-order valence-corrected chi connectivity index (χ0v) is 16.9. The number of anilines is 2. The van der Waals surface area contributed by atoms with Gasteiger partial charge in [0.15, 0.2) is 0 Å². The van der Waals surface area contributed by atoms with Gasteiger partial charge in [0.1, 0.15) is 5.75 Å². The van der Waals surface area contributed by atoms with E-state index in [9.17, 15) is 18.3 Å². The highest BCUT2D eigenvalue weighted by Crippen LogP contribution is 2.27. The highest BCUT2D eigenvalue weighted by molar-refractivity contribution is 7.92. The summed E-state index contributed by atoms with van der Waals surface area (Å²) in [5, 5.41) is 12.3. The normalized spacial score (nSPS) is 11.7. The van der Waals surface area contributed by atoms with E-state index in [0.29, 0.717) is 11.4 Å². The van der Waals surface area contributed by atoms with Gasteiger partial charge < -0.3 is 10.4 Å². The van der Waals surface area contributed by atoms with Crippen molar-refractivity contribution in [2.24, 2.45) is 0 Å². The summed E-state index contributed by atoms with van der Waals surface area (Å²) in [5.74, 6) is -0.0840. The van der Waals surface area contributed by atoms with Crippen LogP contribution in [0, 0.1) is 0 Å². The van der Waals surface area contributed by atoms with Crippen molar-refractivity contribution in [2.75, 3.05) is 10.0 Å². The Balaban J connectivity index is 1.70. The van der Waals surface area contributed by atoms with E-state index in [1.54, 1.807) is 68.4 Å². The van der Waals surface area contributed by atoms with Crippen LogP contribution in [0.25, 0.3) is 0 Å². The molecule has 0 radical (unpaired) electrons. The second-order valence-corrected chi connectivity index (χ2v) is 8.80. The van der Waals surface area contributed by atoms with Gasteiger partial charge >= 0.3 is 0 Å². The first-order valence-electron chi connectivity index (χ1n) is 8.97. The van der Waals surface area contributed by atoms with Gasteiger partial charge in [-0.2, -0.15) is 0 Å². The Morgan fingerprint density at radius 3 is 1.97 bits per heavy atom. The standard InChI is InChI=1S/C22H22N2O4S/c1-22(2,16-8-14-19(25)15-9-16)21(26)23-17-10-12-18(13-11-17)24-29(27,28)20-6-4-3-5-7-20/h3-15,24-25H,1-2H3,(H,23,26). The minimum absolute atomic E-state index is 0.138. The SMILES string of the molecule is CC(C)(C(=O)Nc1ccc(NS(=O)(=O)c2ccccc2)cc1)c1ccc(O)cc1. The number of carbonyl (C=O) groups excluding carboxylic acids is 1. The maximum atomic E-state index is 12.7. The number of amides is 1. The molecule has 3 aromatic rings. The second-order valence-electron chi connectivity index (χ2n) is 7.12. The van der Waals surface area contributed by atoms with Gasteiger partial charge in [-0.15, -0.1) is 0 Å². The zero-order valence-electron chi connectivity index (χ0n) is 16.1. The van der Waals surface area contributed by atoms with Crippen LogP contribution in [0.5, 0.6) is 5.75 Å². The van der Waals surface area contributed by atoms with Gasteiger partial charge in [0.05, 0.1) is 10.3 Å². The molecule has 0 bridgehead atoms. The molecule has 0 heterocycles. The fraction of sp³-hybridized carbons (Fsp3) is 0.136. The third-order valence-electron chi connectivity index (χ3n) is 4.61. The third kappa shape index (κ3) is 4.75. The van der Waals surface area contributed by atoms with Gasteiger partial charge in [-0.25, -0.2) is 8.42 Å². The Bertz CT molecular complexity index is 1090. The van der Waals surface area contributed by atoms with Crippen LogP contribution in [0.1, 0.15) is 19.4 Å². The monoisotopic (exact) mass is 410 g/mol. The zero-order chi connectivity index (χ0) is 21.1. The number of phenolic OH excluding ortho intramolecular Hbond substituents is 1. The van der Waals surface area contributed by atoms with Crippen LogP contribution < -0.4 is 10.0 Å². The van der Waals surface area contributed by atoms with E-state index in [4.69, 9.17) is 0 Å². The molecule has 0 aliphatic heterocycles. The predicted octanol–water partition coefficient (Wildman–Crippen LogP) is 4.11. The molecule has 0 aliphatic rings. The molecule has 0 saturated carbocycles. The van der Waals surface area contributed by atoms with Gasteiger partial charge in [-0.1, -0.05) is 30.3 Å². The quantitative estimate of drug-likeness (QED) is 0.570. The van der Waals surface area contributed by atoms with Crippen LogP contribution >= 0.6 is 0 Å². The first kappa shape index (κ1) is 20.4. The number of nitrogens with one attached hydrogen (secondary N) is 2. The van der Waals surface area contributed by atoms with Crippen molar-refractivity contribution in [1.82, 2.24) is 0 Å². The molecule has 1 amide bonds. The molecule has 7 heteroatoms. The van der Waals surface area contributed by atoms with E-state index < -0.39 is 15.4 Å². The summed E-state index contributed by atoms with van der Waals surface area (Å²) in [5.41, 5.74) is 0.885. The summed E-state index contributed by atoms with van der Waals surface area (Å²) in [7, 11) is -3.67. The van der Waals surface area contributed by atoms with Crippen LogP contribution in [0.2, 0.25) is 0 Å². The summed E-state index contributed by atoms with van der Waals surface area (Å²) in [4.78, 5) is 12.9. The maximum absolute atomic E-state index is 12.7. The minimum Gasteiger partial charge on any atom is -0.508 e. The molecule has 3 rings (SSSR count). The Kier molecular flexibility index (Phi) is 5.61. The lowest BCUT2D eigenvalue weighted by Gasteiger charge is -2.24. The van der Waals surface area contributed by atoms with E-state index >= 15 is 0 Å². The lowest BCUT2D eigenvalue weighted by atomic mass is 9.83. The van der Waals surface area contributed by atoms with Gasteiger partial charge in [-0.3, -0.25) is 9.52 Å². The number of phenols is 1. The van der Waals surface area contributed by atoms with Gasteiger partial charge in [0.2, 0.25) is 5.91 Å². The molecule has 0 aromatic heterocycles. The predicted molar refractivity (Wildman–Crippen MR) is 113 cm³/mol.